The molecule has 0 saturated heterocycles. The third-order valence-corrected chi connectivity index (χ3v) is 6.30. The number of phenols is 1. The summed E-state index contributed by atoms with van der Waals surface area (Å²) in [5.74, 6) is 0.104. The van der Waals surface area contributed by atoms with Crippen LogP contribution in [0.5, 0.6) is 5.75 Å². The molecule has 0 spiro atoms. The van der Waals surface area contributed by atoms with Crippen molar-refractivity contribution in [3.63, 3.8) is 0 Å². The van der Waals surface area contributed by atoms with Gasteiger partial charge in [0.15, 0.2) is 5.65 Å². The number of para-hydroxylation sites is 2. The Labute approximate surface area is 202 Å². The third kappa shape index (κ3) is 3.32. The summed E-state index contributed by atoms with van der Waals surface area (Å²) in [4.78, 5) is 5.03. The highest BCUT2D eigenvalue weighted by Crippen LogP contribution is 2.42. The average molecular weight is 453 g/mol. The molecule has 0 amide bonds. The van der Waals surface area contributed by atoms with E-state index >= 15 is 0 Å². The Kier molecular flexibility index (Phi) is 4.79. The molecular weight excluding hydrogens is 432 g/mol. The van der Waals surface area contributed by atoms with Crippen molar-refractivity contribution < 1.29 is 5.11 Å². The number of aryl methyl sites for hydroxylation is 1. The Bertz CT molecular complexity index is 1780. The Balaban J connectivity index is 1.77. The number of aromatic hydroxyl groups is 1. The number of hydrogen-bond donors (Lipinski definition) is 1. The molecule has 166 valence electrons. The zero-order valence-electron chi connectivity index (χ0n) is 19.0. The second kappa shape index (κ2) is 8.12. The lowest BCUT2D eigenvalue weighted by molar-refractivity contribution is 0.477. The Morgan fingerprint density at radius 1 is 0.829 bits per heavy atom. The number of hydrogen-bond acceptors (Lipinski definition) is 4. The van der Waals surface area contributed by atoms with Gasteiger partial charge in [0.05, 0.1) is 28.0 Å². The first-order chi connectivity index (χ1) is 17.2. The molecule has 0 unspecified atom stereocenters. The van der Waals surface area contributed by atoms with Crippen molar-refractivity contribution in [3.8, 4) is 39.9 Å². The minimum Gasteiger partial charge on any atom is -0.507 e. The molecule has 0 fully saturated rings. The van der Waals surface area contributed by atoms with Gasteiger partial charge < -0.3 is 5.11 Å². The highest BCUT2D eigenvalue weighted by Gasteiger charge is 2.24. The van der Waals surface area contributed by atoms with E-state index in [-0.39, 0.29) is 5.75 Å². The third-order valence-electron chi connectivity index (χ3n) is 6.30. The van der Waals surface area contributed by atoms with E-state index in [9.17, 15) is 10.4 Å². The summed E-state index contributed by atoms with van der Waals surface area (Å²) < 4.78 is 1.81. The largest absolute Gasteiger partial charge is 0.507 e. The van der Waals surface area contributed by atoms with Gasteiger partial charge in [0.1, 0.15) is 11.8 Å². The maximum atomic E-state index is 10.8. The lowest BCUT2D eigenvalue weighted by atomic mass is 9.92. The summed E-state index contributed by atoms with van der Waals surface area (Å²) in [5.41, 5.74) is 5.25. The Morgan fingerprint density at radius 3 is 2.31 bits per heavy atom. The molecule has 0 saturated carbocycles. The van der Waals surface area contributed by atoms with Gasteiger partial charge in [-0.25, -0.2) is 9.67 Å². The van der Waals surface area contributed by atoms with Gasteiger partial charge in [-0.2, -0.15) is 10.4 Å². The van der Waals surface area contributed by atoms with Crippen LogP contribution in [-0.4, -0.2) is 19.9 Å². The highest BCUT2D eigenvalue weighted by molar-refractivity contribution is 6.03. The van der Waals surface area contributed by atoms with Gasteiger partial charge in [-0.1, -0.05) is 72.8 Å². The van der Waals surface area contributed by atoms with E-state index in [0.29, 0.717) is 28.0 Å². The fourth-order valence-corrected chi connectivity index (χ4v) is 4.67. The van der Waals surface area contributed by atoms with Gasteiger partial charge in [-0.3, -0.25) is 0 Å². The van der Waals surface area contributed by atoms with Crippen LogP contribution in [0, 0.1) is 18.3 Å². The van der Waals surface area contributed by atoms with E-state index in [0.717, 1.165) is 33.1 Å². The lowest BCUT2D eigenvalue weighted by Gasteiger charge is -2.14. The number of fused-ring (bicyclic) bond motifs is 2. The average Bonchev–Trinajstić information content (AvgIpc) is 3.24. The van der Waals surface area contributed by atoms with E-state index in [1.54, 1.807) is 16.8 Å². The van der Waals surface area contributed by atoms with Crippen molar-refractivity contribution in [2.75, 3.05) is 0 Å². The Morgan fingerprint density at radius 2 is 1.54 bits per heavy atom. The van der Waals surface area contributed by atoms with Crippen molar-refractivity contribution in [2.24, 2.45) is 0 Å². The van der Waals surface area contributed by atoms with Crippen LogP contribution in [0.15, 0.2) is 97.1 Å². The van der Waals surface area contributed by atoms with Gasteiger partial charge in [0, 0.05) is 16.7 Å². The fraction of sp³-hybridized carbons (Fsp3) is 0.0333. The maximum Gasteiger partial charge on any atom is 0.164 e. The molecule has 2 heterocycles. The van der Waals surface area contributed by atoms with E-state index in [1.807, 2.05) is 79.7 Å². The van der Waals surface area contributed by atoms with Gasteiger partial charge in [-0.15, -0.1) is 0 Å². The molecular formula is C30H20N4O. The maximum absolute atomic E-state index is 10.8. The number of rotatable bonds is 3. The molecule has 0 aliphatic heterocycles. The SMILES string of the molecule is Cc1nn(-c2ccccc2)c2nc(-c3ccc4ccccc4c3)c(C#N)c(-c3ccccc3O)c12. The van der Waals surface area contributed by atoms with Crippen LogP contribution in [0.1, 0.15) is 11.3 Å². The fourth-order valence-electron chi connectivity index (χ4n) is 4.67. The van der Waals surface area contributed by atoms with Crippen LogP contribution in [-0.2, 0) is 0 Å². The summed E-state index contributed by atoms with van der Waals surface area (Å²) in [5, 5.41) is 28.9. The van der Waals surface area contributed by atoms with Crippen LogP contribution in [0.2, 0.25) is 0 Å². The van der Waals surface area contributed by atoms with Crippen LogP contribution < -0.4 is 0 Å². The highest BCUT2D eigenvalue weighted by atomic mass is 16.3. The van der Waals surface area contributed by atoms with Crippen molar-refractivity contribution >= 4 is 21.8 Å². The first kappa shape index (κ1) is 20.6. The van der Waals surface area contributed by atoms with Gasteiger partial charge in [0.2, 0.25) is 0 Å². The number of nitrogens with zero attached hydrogens (tertiary/aromatic N) is 4. The number of nitriles is 1. The number of pyridine rings is 1. The second-order valence-corrected chi connectivity index (χ2v) is 8.43. The first-order valence-electron chi connectivity index (χ1n) is 11.3. The van der Waals surface area contributed by atoms with Crippen LogP contribution in [0.4, 0.5) is 0 Å². The van der Waals surface area contributed by atoms with E-state index in [4.69, 9.17) is 10.1 Å². The lowest BCUT2D eigenvalue weighted by Crippen LogP contribution is -2.01. The predicted molar refractivity (Wildman–Crippen MR) is 138 cm³/mol. The number of aromatic nitrogens is 3. The van der Waals surface area contributed by atoms with Crippen molar-refractivity contribution in [1.82, 2.24) is 14.8 Å². The number of benzene rings is 4. The Hall–Kier alpha value is -4.95. The standard InChI is InChI=1S/C30H20N4O/c1-19-27-28(24-13-7-8-14-26(24)35)25(18-31)29(22-16-15-20-9-5-6-10-21(20)17-22)32-30(27)34(33-19)23-11-3-2-4-12-23/h2-17,35H,1H3. The number of phenolic OH excluding ortho intramolecular Hbond substituents is 1. The minimum absolute atomic E-state index is 0.104. The molecule has 0 aliphatic carbocycles. The van der Waals surface area contributed by atoms with Gasteiger partial charge in [-0.05, 0) is 42.0 Å². The smallest absolute Gasteiger partial charge is 0.164 e. The van der Waals surface area contributed by atoms with Gasteiger partial charge >= 0.3 is 0 Å². The van der Waals surface area contributed by atoms with E-state index in [1.165, 1.54) is 0 Å². The van der Waals surface area contributed by atoms with Crippen molar-refractivity contribution in [2.45, 2.75) is 6.92 Å². The molecule has 0 radical (unpaired) electrons. The molecule has 35 heavy (non-hydrogen) atoms. The zero-order chi connectivity index (χ0) is 23.9. The quantitative estimate of drug-likeness (QED) is 0.321. The van der Waals surface area contributed by atoms with Crippen molar-refractivity contribution in [3.05, 3.63) is 108 Å². The molecule has 6 aromatic rings. The molecule has 5 heteroatoms. The molecule has 0 atom stereocenters. The topological polar surface area (TPSA) is 74.7 Å². The zero-order valence-corrected chi connectivity index (χ0v) is 19.0. The van der Waals surface area contributed by atoms with Crippen LogP contribution in [0.3, 0.4) is 0 Å². The molecule has 0 bridgehead atoms. The molecule has 1 N–H and O–H groups in total. The second-order valence-electron chi connectivity index (χ2n) is 8.43. The van der Waals surface area contributed by atoms with Crippen molar-refractivity contribution in [1.29, 1.82) is 5.26 Å². The molecule has 4 aromatic carbocycles. The molecule has 0 aliphatic rings. The molecule has 2 aromatic heterocycles. The monoisotopic (exact) mass is 452 g/mol. The minimum atomic E-state index is 0.104. The van der Waals surface area contributed by atoms with E-state index in [2.05, 4.69) is 18.2 Å². The summed E-state index contributed by atoms with van der Waals surface area (Å²) in [6.07, 6.45) is 0. The summed E-state index contributed by atoms with van der Waals surface area (Å²) in [7, 11) is 0. The summed E-state index contributed by atoms with van der Waals surface area (Å²) >= 11 is 0. The normalized spacial score (nSPS) is 11.1. The molecule has 6 rings (SSSR count). The first-order valence-corrected chi connectivity index (χ1v) is 11.3. The predicted octanol–water partition coefficient (Wildman–Crippen LogP) is 6.79. The molecule has 5 nitrogen and oxygen atoms in total. The van der Waals surface area contributed by atoms with E-state index < -0.39 is 0 Å². The summed E-state index contributed by atoms with van der Waals surface area (Å²) in [6.45, 7) is 1.91. The van der Waals surface area contributed by atoms with Crippen LogP contribution >= 0.6 is 0 Å². The summed E-state index contributed by atoms with van der Waals surface area (Å²) in [6, 6.07) is 33.5. The van der Waals surface area contributed by atoms with Gasteiger partial charge in [0.25, 0.3) is 0 Å². The van der Waals surface area contributed by atoms with Crippen LogP contribution in [0.25, 0.3) is 49.9 Å².